The van der Waals surface area contributed by atoms with Crippen molar-refractivity contribution in [2.24, 2.45) is 5.29 Å². The third kappa shape index (κ3) is 8.29. The number of amides is 2. The van der Waals surface area contributed by atoms with Gasteiger partial charge in [-0.3, -0.25) is 4.79 Å². The van der Waals surface area contributed by atoms with E-state index in [1.807, 2.05) is 0 Å². The standard InChI is InChI=1S/C24H44ClN3O9/c1-3-4-5-6-7-8-9-10-11-12-13-14-19(30)23(34)20(31)18(17-29)37-22(2,33)24(23,35)26-21(32)28(27-36)16-15-25/h18,20,29,31,33-35H,3-17H2,1-2H3,(H,26,32)/t18-,20-,22?,23+,24+/m1/s1/i13D/t13?,18-,20-,22?,23+,24+. The SMILES string of the molecule is [2H]C(CCCCCCCCCCC)CC(=O)[C@]1(O)[C@H](O)[C@@H](CO)OC(C)(O)[C@@]1(O)NC(=O)N(CCCl)N=O. The molecule has 0 spiro atoms. The van der Waals surface area contributed by atoms with E-state index in [2.05, 4.69) is 12.2 Å². The molecule has 13 heteroatoms. The predicted octanol–water partition coefficient (Wildman–Crippen LogP) is 2.07. The van der Waals surface area contributed by atoms with Gasteiger partial charge in [-0.15, -0.1) is 16.5 Å². The fourth-order valence-electron chi connectivity index (χ4n) is 4.46. The van der Waals surface area contributed by atoms with Gasteiger partial charge in [0.2, 0.25) is 17.1 Å². The van der Waals surface area contributed by atoms with Crippen LogP contribution in [0.1, 0.15) is 92.2 Å². The van der Waals surface area contributed by atoms with Gasteiger partial charge in [0, 0.05) is 13.7 Å². The molecular weight excluding hydrogens is 510 g/mol. The molecule has 0 aliphatic carbocycles. The van der Waals surface area contributed by atoms with Crippen molar-refractivity contribution < 1.29 is 41.2 Å². The van der Waals surface area contributed by atoms with Crippen molar-refractivity contribution in [3.05, 3.63) is 4.91 Å². The molecule has 0 aromatic carbocycles. The third-order valence-corrected chi connectivity index (χ3v) is 6.92. The first-order chi connectivity index (χ1) is 17.9. The second kappa shape index (κ2) is 15.9. The number of nitrogens with zero attached hydrogens (tertiary/aromatic N) is 2. The van der Waals surface area contributed by atoms with Crippen LogP contribution in [0.15, 0.2) is 5.29 Å². The summed E-state index contributed by atoms with van der Waals surface area (Å²) in [5.41, 5.74) is -6.74. The summed E-state index contributed by atoms with van der Waals surface area (Å²) in [7, 11) is 0. The molecule has 1 saturated heterocycles. The number of hydrogen-bond donors (Lipinski definition) is 6. The Morgan fingerprint density at radius 3 is 2.11 bits per heavy atom. The van der Waals surface area contributed by atoms with E-state index in [1.54, 1.807) is 5.32 Å². The number of aliphatic hydroxyl groups excluding tert-OH is 2. The highest BCUT2D eigenvalue weighted by Crippen LogP contribution is 2.43. The monoisotopic (exact) mass is 554 g/mol. The van der Waals surface area contributed by atoms with Crippen molar-refractivity contribution in [2.75, 3.05) is 19.0 Å². The number of halogens is 1. The minimum Gasteiger partial charge on any atom is -0.394 e. The quantitative estimate of drug-likeness (QED) is 0.0484. The Kier molecular flexibility index (Phi) is 13.6. The molecule has 2 unspecified atom stereocenters. The van der Waals surface area contributed by atoms with Gasteiger partial charge in [0.05, 0.1) is 18.4 Å². The maximum atomic E-state index is 13.3. The average Bonchev–Trinajstić information content (AvgIpc) is 2.87. The van der Waals surface area contributed by atoms with Crippen molar-refractivity contribution in [3.8, 4) is 0 Å². The molecular formula is C24H44ClN3O9. The van der Waals surface area contributed by atoms with E-state index in [0.29, 0.717) is 12.8 Å². The summed E-state index contributed by atoms with van der Waals surface area (Å²) in [6.45, 7) is 1.57. The number of alkyl halides is 1. The number of rotatable bonds is 18. The number of carbonyl (C=O) groups excluding carboxylic acids is 2. The summed E-state index contributed by atoms with van der Waals surface area (Å²) < 4.78 is 13.4. The Balaban J connectivity index is 2.97. The summed E-state index contributed by atoms with van der Waals surface area (Å²) in [4.78, 5) is 36.9. The summed E-state index contributed by atoms with van der Waals surface area (Å²) in [6.07, 6.45) is 4.13. The van der Waals surface area contributed by atoms with E-state index in [1.165, 1.54) is 25.7 Å². The Morgan fingerprint density at radius 1 is 1.08 bits per heavy atom. The Bertz CT molecular complexity index is 766. The smallest absolute Gasteiger partial charge is 0.342 e. The lowest BCUT2D eigenvalue weighted by atomic mass is 9.71. The zero-order valence-corrected chi connectivity index (χ0v) is 22.5. The van der Waals surface area contributed by atoms with Crippen LogP contribution in [0.2, 0.25) is 0 Å². The normalized spacial score (nSPS) is 30.9. The summed E-state index contributed by atoms with van der Waals surface area (Å²) in [6, 6.07) is -1.45. The number of ketones is 1. The summed E-state index contributed by atoms with van der Waals surface area (Å²) in [5, 5.41) is 58.4. The van der Waals surface area contributed by atoms with Gasteiger partial charge >= 0.3 is 6.03 Å². The molecule has 6 atom stereocenters. The van der Waals surface area contributed by atoms with Gasteiger partial charge in [0.25, 0.3) is 0 Å². The number of ether oxygens (including phenoxy) is 1. The van der Waals surface area contributed by atoms with Gasteiger partial charge in [-0.2, -0.15) is 5.01 Å². The van der Waals surface area contributed by atoms with E-state index < -0.39 is 67.1 Å². The molecule has 0 radical (unpaired) electrons. The predicted molar refractivity (Wildman–Crippen MR) is 136 cm³/mol. The lowest BCUT2D eigenvalue weighted by Gasteiger charge is -2.56. The van der Waals surface area contributed by atoms with Gasteiger partial charge in [0.1, 0.15) is 12.2 Å². The van der Waals surface area contributed by atoms with Crippen LogP contribution in [0.3, 0.4) is 0 Å². The molecule has 1 fully saturated rings. The second-order valence-electron chi connectivity index (χ2n) is 9.60. The maximum Gasteiger partial charge on any atom is 0.342 e. The van der Waals surface area contributed by atoms with Gasteiger partial charge in [0.15, 0.2) is 5.78 Å². The van der Waals surface area contributed by atoms with Crippen molar-refractivity contribution in [1.82, 2.24) is 10.3 Å². The first-order valence-corrected chi connectivity index (χ1v) is 13.5. The second-order valence-corrected chi connectivity index (χ2v) is 9.98. The molecule has 0 aromatic heterocycles. The van der Waals surface area contributed by atoms with Gasteiger partial charge in [-0.25, -0.2) is 4.79 Å². The third-order valence-electron chi connectivity index (χ3n) is 6.75. The maximum absolute atomic E-state index is 13.3. The zero-order valence-electron chi connectivity index (χ0n) is 22.8. The average molecular weight is 555 g/mol. The minimum atomic E-state index is -3.41. The van der Waals surface area contributed by atoms with Crippen molar-refractivity contribution >= 4 is 23.4 Å². The first kappa shape index (κ1) is 31.8. The first-order valence-electron chi connectivity index (χ1n) is 13.5. The molecule has 0 bridgehead atoms. The number of nitrogens with one attached hydrogen (secondary N) is 1. The van der Waals surface area contributed by atoms with Crippen LogP contribution in [-0.4, -0.2) is 90.7 Å². The van der Waals surface area contributed by atoms with Crippen LogP contribution in [-0.2, 0) is 9.53 Å². The van der Waals surface area contributed by atoms with Gasteiger partial charge in [-0.05, 0) is 13.3 Å². The van der Waals surface area contributed by atoms with E-state index in [9.17, 15) is 40.0 Å². The van der Waals surface area contributed by atoms with E-state index in [-0.39, 0.29) is 10.9 Å². The Hall–Kier alpha value is -1.41. The fraction of sp³-hybridized carbons (Fsp3) is 0.917. The van der Waals surface area contributed by atoms with Gasteiger partial charge < -0.3 is 35.6 Å². The molecule has 12 nitrogen and oxygen atoms in total. The van der Waals surface area contributed by atoms with E-state index >= 15 is 0 Å². The van der Waals surface area contributed by atoms with Crippen LogP contribution in [0.5, 0.6) is 0 Å². The van der Waals surface area contributed by atoms with Gasteiger partial charge in [-0.1, -0.05) is 71.1 Å². The molecule has 37 heavy (non-hydrogen) atoms. The van der Waals surface area contributed by atoms with Crippen molar-refractivity contribution in [3.63, 3.8) is 0 Å². The fourth-order valence-corrected chi connectivity index (χ4v) is 4.62. The minimum absolute atomic E-state index is 0.230. The molecule has 0 aromatic rings. The molecule has 6 N–H and O–H groups in total. The number of nitroso groups, excluding NO2 is 1. The van der Waals surface area contributed by atoms with Crippen molar-refractivity contribution in [2.45, 2.75) is 120 Å². The highest BCUT2D eigenvalue weighted by atomic mass is 35.5. The number of hydrogen-bond acceptors (Lipinski definition) is 10. The topological polar surface area (TPSA) is 189 Å². The molecule has 1 rings (SSSR count). The number of aliphatic hydroxyl groups is 5. The molecule has 1 heterocycles. The molecule has 1 aliphatic rings. The highest BCUT2D eigenvalue weighted by Gasteiger charge is 2.73. The zero-order chi connectivity index (χ0) is 29.0. The highest BCUT2D eigenvalue weighted by molar-refractivity contribution is 6.18. The number of unbranched alkanes of at least 4 members (excludes halogenated alkanes) is 8. The van der Waals surface area contributed by atoms with E-state index in [0.717, 1.165) is 32.6 Å². The van der Waals surface area contributed by atoms with Crippen LogP contribution < -0.4 is 5.32 Å². The van der Waals surface area contributed by atoms with Crippen LogP contribution in [0.25, 0.3) is 0 Å². The lowest BCUT2D eigenvalue weighted by molar-refractivity contribution is -0.405. The van der Waals surface area contributed by atoms with Crippen LogP contribution in [0, 0.1) is 4.91 Å². The Morgan fingerprint density at radius 2 is 1.62 bits per heavy atom. The molecule has 0 saturated carbocycles. The van der Waals surface area contributed by atoms with E-state index in [4.69, 9.17) is 17.7 Å². The van der Waals surface area contributed by atoms with Crippen LogP contribution in [0.4, 0.5) is 4.79 Å². The largest absolute Gasteiger partial charge is 0.394 e. The number of carbonyl (C=O) groups is 2. The number of urea groups is 1. The van der Waals surface area contributed by atoms with Crippen molar-refractivity contribution in [1.29, 1.82) is 0 Å². The molecule has 2 amide bonds. The summed E-state index contributed by atoms with van der Waals surface area (Å²) in [5.74, 6) is -4.44. The van der Waals surface area contributed by atoms with Crippen LogP contribution >= 0.6 is 11.6 Å². The Labute approximate surface area is 224 Å². The molecule has 216 valence electrons. The summed E-state index contributed by atoms with van der Waals surface area (Å²) >= 11 is 5.52. The molecule has 1 aliphatic heterocycles. The lowest BCUT2D eigenvalue weighted by Crippen LogP contribution is -2.86. The number of Topliss-reactive ketones (excluding diaryl/α,β-unsaturated/α-hetero) is 1.